The average Bonchev–Trinajstić information content (AvgIpc) is 2.82. The number of nitrogens with zero attached hydrogens (tertiary/aromatic N) is 2. The number of amides is 2. The van der Waals surface area contributed by atoms with Gasteiger partial charge in [0.2, 0.25) is 11.8 Å². The van der Waals surface area contributed by atoms with Crippen LogP contribution in [0.4, 0.5) is 5.69 Å². The molecule has 0 bridgehead atoms. The van der Waals surface area contributed by atoms with E-state index in [0.717, 1.165) is 29.8 Å². The van der Waals surface area contributed by atoms with E-state index < -0.39 is 5.41 Å². The summed E-state index contributed by atoms with van der Waals surface area (Å²) in [6, 6.07) is 14.3. The van der Waals surface area contributed by atoms with Crippen LogP contribution in [-0.4, -0.2) is 30.3 Å². The molecule has 26 heavy (non-hydrogen) atoms. The highest BCUT2D eigenvalue weighted by Crippen LogP contribution is 2.41. The van der Waals surface area contributed by atoms with Gasteiger partial charge in [-0.25, -0.2) is 0 Å². The highest BCUT2D eigenvalue weighted by atomic mass is 16.2. The van der Waals surface area contributed by atoms with Gasteiger partial charge in [-0.2, -0.15) is 0 Å². The second kappa shape index (κ2) is 5.97. The Morgan fingerprint density at radius 3 is 2.62 bits per heavy atom. The van der Waals surface area contributed by atoms with Gasteiger partial charge < -0.3 is 9.80 Å². The van der Waals surface area contributed by atoms with Gasteiger partial charge in [0.05, 0.1) is 11.8 Å². The Hall–Kier alpha value is -2.62. The van der Waals surface area contributed by atoms with Gasteiger partial charge in [0, 0.05) is 25.8 Å². The van der Waals surface area contributed by atoms with E-state index in [-0.39, 0.29) is 11.8 Å². The molecule has 2 amide bonds. The van der Waals surface area contributed by atoms with Gasteiger partial charge >= 0.3 is 0 Å². The molecule has 0 spiro atoms. The molecule has 0 radical (unpaired) electrons. The highest BCUT2D eigenvalue weighted by Gasteiger charge is 2.42. The molecule has 0 saturated heterocycles. The van der Waals surface area contributed by atoms with Gasteiger partial charge in [-0.3, -0.25) is 9.59 Å². The largest absolute Gasteiger partial charge is 0.338 e. The van der Waals surface area contributed by atoms with E-state index in [1.807, 2.05) is 50.1 Å². The molecule has 2 aromatic rings. The van der Waals surface area contributed by atoms with Crippen molar-refractivity contribution in [3.63, 3.8) is 0 Å². The maximum absolute atomic E-state index is 12.8. The molecule has 4 nitrogen and oxygen atoms in total. The molecule has 0 N–H and O–H groups in total. The number of hydrogen-bond donors (Lipinski definition) is 0. The van der Waals surface area contributed by atoms with Crippen LogP contribution in [0.25, 0.3) is 0 Å². The molecule has 2 aromatic carbocycles. The Kier molecular flexibility index (Phi) is 3.87. The summed E-state index contributed by atoms with van der Waals surface area (Å²) in [4.78, 5) is 28.9. The van der Waals surface area contributed by atoms with Crippen LogP contribution in [0.5, 0.6) is 0 Å². The van der Waals surface area contributed by atoms with Crippen LogP contribution in [-0.2, 0) is 34.4 Å². The first-order valence-corrected chi connectivity index (χ1v) is 9.14. The summed E-state index contributed by atoms with van der Waals surface area (Å²) in [6.07, 6.45) is 1.29. The molecule has 0 aliphatic carbocycles. The van der Waals surface area contributed by atoms with Crippen LogP contribution in [0.15, 0.2) is 42.5 Å². The minimum Gasteiger partial charge on any atom is -0.338 e. The first-order chi connectivity index (χ1) is 12.4. The third kappa shape index (κ3) is 2.61. The normalized spacial score (nSPS) is 17.9. The zero-order chi connectivity index (χ0) is 18.5. The number of carbonyl (C=O) groups is 2. The maximum atomic E-state index is 12.8. The molecule has 0 atom stereocenters. The van der Waals surface area contributed by atoms with Crippen molar-refractivity contribution in [1.82, 2.24) is 4.90 Å². The molecule has 0 aromatic heterocycles. The van der Waals surface area contributed by atoms with Crippen molar-refractivity contribution >= 4 is 17.5 Å². The lowest BCUT2D eigenvalue weighted by Crippen LogP contribution is -2.36. The van der Waals surface area contributed by atoms with Gasteiger partial charge in [0.15, 0.2) is 0 Å². The molecule has 134 valence electrons. The standard InChI is InChI=1S/C22H24N2O2/c1-22(2)18-12-15(8-9-19(18)23(3)21(22)26)13-20(25)24-11-10-16-6-4-5-7-17(16)14-24/h4-9,12H,10-11,13-14H2,1-3H3. The van der Waals surface area contributed by atoms with E-state index in [1.165, 1.54) is 11.1 Å². The summed E-state index contributed by atoms with van der Waals surface area (Å²) in [5, 5.41) is 0. The van der Waals surface area contributed by atoms with Crippen molar-refractivity contribution in [2.75, 3.05) is 18.5 Å². The van der Waals surface area contributed by atoms with E-state index in [0.29, 0.717) is 13.0 Å². The summed E-state index contributed by atoms with van der Waals surface area (Å²) < 4.78 is 0. The highest BCUT2D eigenvalue weighted by molar-refractivity contribution is 6.07. The molecule has 2 heterocycles. The fourth-order valence-electron chi connectivity index (χ4n) is 4.13. The van der Waals surface area contributed by atoms with Crippen molar-refractivity contribution in [2.45, 2.75) is 38.6 Å². The predicted molar refractivity (Wildman–Crippen MR) is 102 cm³/mol. The zero-order valence-corrected chi connectivity index (χ0v) is 15.6. The summed E-state index contributed by atoms with van der Waals surface area (Å²) >= 11 is 0. The monoisotopic (exact) mass is 348 g/mol. The van der Waals surface area contributed by atoms with Crippen LogP contribution >= 0.6 is 0 Å². The van der Waals surface area contributed by atoms with Gasteiger partial charge in [0.1, 0.15) is 0 Å². The van der Waals surface area contributed by atoms with Gasteiger partial charge in [0.25, 0.3) is 0 Å². The summed E-state index contributed by atoms with van der Waals surface area (Å²) in [5.74, 6) is 0.249. The Labute approximate surface area is 154 Å². The van der Waals surface area contributed by atoms with E-state index in [9.17, 15) is 9.59 Å². The number of anilines is 1. The Morgan fingerprint density at radius 2 is 1.85 bits per heavy atom. The molecule has 4 rings (SSSR count). The third-order valence-corrected chi connectivity index (χ3v) is 5.77. The van der Waals surface area contributed by atoms with Crippen molar-refractivity contribution in [2.24, 2.45) is 0 Å². The number of likely N-dealkylation sites (N-methyl/N-ethyl adjacent to an activating group) is 1. The van der Waals surface area contributed by atoms with Crippen molar-refractivity contribution < 1.29 is 9.59 Å². The lowest BCUT2D eigenvalue weighted by atomic mass is 9.85. The summed E-state index contributed by atoms with van der Waals surface area (Å²) in [5.41, 5.74) is 4.99. The second-order valence-electron chi connectivity index (χ2n) is 7.85. The SMILES string of the molecule is CN1C(=O)C(C)(C)c2cc(CC(=O)N3CCc4ccccc4C3)ccc21. The summed E-state index contributed by atoms with van der Waals surface area (Å²) in [6.45, 7) is 5.36. The number of fused-ring (bicyclic) bond motifs is 2. The Morgan fingerprint density at radius 1 is 1.12 bits per heavy atom. The minimum absolute atomic E-state index is 0.101. The quantitative estimate of drug-likeness (QED) is 0.837. The van der Waals surface area contributed by atoms with Crippen LogP contribution in [0, 0.1) is 0 Å². The number of rotatable bonds is 2. The van der Waals surface area contributed by atoms with Crippen molar-refractivity contribution in [3.8, 4) is 0 Å². The van der Waals surface area contributed by atoms with Crippen LogP contribution in [0.1, 0.15) is 36.1 Å². The van der Waals surface area contributed by atoms with E-state index >= 15 is 0 Å². The zero-order valence-electron chi connectivity index (χ0n) is 15.6. The Bertz CT molecular complexity index is 901. The fraction of sp³-hybridized carbons (Fsp3) is 0.364. The number of hydrogen-bond acceptors (Lipinski definition) is 2. The third-order valence-electron chi connectivity index (χ3n) is 5.77. The second-order valence-corrected chi connectivity index (χ2v) is 7.85. The molecule has 0 unspecified atom stereocenters. The maximum Gasteiger partial charge on any atom is 0.236 e. The van der Waals surface area contributed by atoms with E-state index in [1.54, 1.807) is 4.90 Å². The topological polar surface area (TPSA) is 40.6 Å². The van der Waals surface area contributed by atoms with Crippen LogP contribution in [0.2, 0.25) is 0 Å². The van der Waals surface area contributed by atoms with Crippen molar-refractivity contribution in [1.29, 1.82) is 0 Å². The molecule has 2 aliphatic heterocycles. The molecule has 0 saturated carbocycles. The van der Waals surface area contributed by atoms with Gasteiger partial charge in [-0.1, -0.05) is 36.4 Å². The minimum atomic E-state index is -0.535. The van der Waals surface area contributed by atoms with Gasteiger partial charge in [-0.05, 0) is 48.6 Å². The lowest BCUT2D eigenvalue weighted by Gasteiger charge is -2.29. The molecule has 2 aliphatic rings. The molecule has 4 heteroatoms. The lowest BCUT2D eigenvalue weighted by molar-refractivity contribution is -0.131. The fourth-order valence-corrected chi connectivity index (χ4v) is 4.13. The predicted octanol–water partition coefficient (Wildman–Crippen LogP) is 3.07. The molecular formula is C22H24N2O2. The first-order valence-electron chi connectivity index (χ1n) is 9.14. The summed E-state index contributed by atoms with van der Waals surface area (Å²) in [7, 11) is 1.81. The average molecular weight is 348 g/mol. The molecule has 0 fully saturated rings. The first kappa shape index (κ1) is 16.8. The van der Waals surface area contributed by atoms with Crippen LogP contribution in [0.3, 0.4) is 0 Å². The van der Waals surface area contributed by atoms with Crippen molar-refractivity contribution in [3.05, 3.63) is 64.7 Å². The van der Waals surface area contributed by atoms with Crippen LogP contribution < -0.4 is 4.90 Å². The number of carbonyl (C=O) groups excluding carboxylic acids is 2. The number of benzene rings is 2. The Balaban J connectivity index is 1.53. The smallest absolute Gasteiger partial charge is 0.236 e. The van der Waals surface area contributed by atoms with E-state index in [4.69, 9.17) is 0 Å². The van der Waals surface area contributed by atoms with E-state index in [2.05, 4.69) is 18.2 Å². The molecular weight excluding hydrogens is 324 g/mol. The van der Waals surface area contributed by atoms with Gasteiger partial charge in [-0.15, -0.1) is 0 Å².